The summed E-state index contributed by atoms with van der Waals surface area (Å²) in [5.41, 5.74) is 0. The van der Waals surface area contributed by atoms with Gasteiger partial charge in [-0.15, -0.1) is 0 Å². The van der Waals surface area contributed by atoms with Gasteiger partial charge in [-0.3, -0.25) is 0 Å². The summed E-state index contributed by atoms with van der Waals surface area (Å²) in [5.74, 6) is 1.35. The van der Waals surface area contributed by atoms with Crippen molar-refractivity contribution in [1.82, 2.24) is 0 Å². The van der Waals surface area contributed by atoms with Gasteiger partial charge in [0.2, 0.25) is 0 Å². The van der Waals surface area contributed by atoms with Crippen molar-refractivity contribution >= 4 is 37.4 Å². The van der Waals surface area contributed by atoms with E-state index >= 15 is 0 Å². The lowest BCUT2D eigenvalue weighted by molar-refractivity contribution is -0.173. The summed E-state index contributed by atoms with van der Waals surface area (Å²) in [4.78, 5) is 0. The standard InChI is InChI=1S/C54H66O8Si2/c1-9-55-51-37-35-47(49(61-51)39-57-63(53(3,4)5,43-23-15-11-16-24-43)44-25-17-12-18-26-44)59-41-31-33-42(34-32-41)60-48-36-38-52(56-10-2)62-50(48)40-58-64(54(6,7)8,45-27-19-13-20-28-45)46-29-21-14-22-30-46/h11-38,47-52H,9-10,39-40H2,1-8H3/t47-,48-,49+,50+,51-,52-/m0/s1. The molecule has 0 aliphatic carbocycles. The molecule has 0 bridgehead atoms. The SMILES string of the molecule is CCO[C@@H]1C=C[C@H](Oc2ccc(O[C@H]3C=C[C@@H](OCC)O[C@@H]3CO[Si](c3ccccc3)(c3ccccc3)C(C)(C)C)cc2)[C@@H](CO[Si](c2ccccc2)(c2ccccc2)C(C)(C)C)O1. The molecule has 7 rings (SSSR count). The van der Waals surface area contributed by atoms with E-state index in [0.29, 0.717) is 37.9 Å². The van der Waals surface area contributed by atoms with Gasteiger partial charge in [0.15, 0.2) is 12.6 Å². The van der Waals surface area contributed by atoms with Gasteiger partial charge < -0.3 is 37.3 Å². The molecule has 0 saturated carbocycles. The molecule has 5 aromatic rings. The fourth-order valence-electron chi connectivity index (χ4n) is 9.10. The van der Waals surface area contributed by atoms with E-state index in [9.17, 15) is 0 Å². The molecule has 0 fully saturated rings. The zero-order chi connectivity index (χ0) is 45.2. The molecule has 2 aliphatic heterocycles. The van der Waals surface area contributed by atoms with Crippen LogP contribution < -0.4 is 30.2 Å². The second-order valence-electron chi connectivity index (χ2n) is 18.4. The van der Waals surface area contributed by atoms with Gasteiger partial charge in [-0.1, -0.05) is 163 Å². The van der Waals surface area contributed by atoms with Crippen LogP contribution in [0, 0.1) is 0 Å². The van der Waals surface area contributed by atoms with Crippen LogP contribution in [0.4, 0.5) is 0 Å². The lowest BCUT2D eigenvalue weighted by Gasteiger charge is -2.44. The highest BCUT2D eigenvalue weighted by atomic mass is 28.4. The highest BCUT2D eigenvalue weighted by Crippen LogP contribution is 2.39. The maximum Gasteiger partial charge on any atom is 0.261 e. The van der Waals surface area contributed by atoms with Gasteiger partial charge >= 0.3 is 0 Å². The van der Waals surface area contributed by atoms with E-state index in [1.807, 2.05) is 62.4 Å². The predicted octanol–water partition coefficient (Wildman–Crippen LogP) is 8.97. The van der Waals surface area contributed by atoms with Gasteiger partial charge in [-0.2, -0.15) is 0 Å². The maximum absolute atomic E-state index is 7.34. The van der Waals surface area contributed by atoms with Crippen LogP contribution in [-0.2, 0) is 27.8 Å². The molecule has 64 heavy (non-hydrogen) atoms. The van der Waals surface area contributed by atoms with Crippen molar-refractivity contribution in [2.75, 3.05) is 26.4 Å². The fraction of sp³-hybridized carbons (Fsp3) is 0.370. The third kappa shape index (κ3) is 10.6. The van der Waals surface area contributed by atoms with E-state index in [4.69, 9.17) is 37.3 Å². The van der Waals surface area contributed by atoms with E-state index in [1.165, 1.54) is 20.7 Å². The molecule has 0 spiro atoms. The minimum Gasteiger partial charge on any atom is -0.484 e. The minimum absolute atomic E-state index is 0.194. The van der Waals surface area contributed by atoms with Crippen LogP contribution in [0.25, 0.3) is 0 Å². The Morgan fingerprint density at radius 3 is 0.984 bits per heavy atom. The second-order valence-corrected chi connectivity index (χ2v) is 27.0. The van der Waals surface area contributed by atoms with Crippen molar-refractivity contribution in [3.8, 4) is 11.5 Å². The van der Waals surface area contributed by atoms with E-state index in [1.54, 1.807) is 0 Å². The zero-order valence-corrected chi connectivity index (χ0v) is 40.7. The van der Waals surface area contributed by atoms with E-state index in [0.717, 1.165) is 0 Å². The average molecular weight is 899 g/mol. The monoisotopic (exact) mass is 898 g/mol. The van der Waals surface area contributed by atoms with Crippen LogP contribution in [0.2, 0.25) is 10.1 Å². The largest absolute Gasteiger partial charge is 0.484 e. The number of hydrogen-bond donors (Lipinski definition) is 0. The summed E-state index contributed by atoms with van der Waals surface area (Å²) in [7, 11) is -5.70. The summed E-state index contributed by atoms with van der Waals surface area (Å²) < 4.78 is 53.1. The molecule has 0 N–H and O–H groups in total. The van der Waals surface area contributed by atoms with Gasteiger partial charge in [0.05, 0.1) is 13.2 Å². The van der Waals surface area contributed by atoms with Gasteiger partial charge in [-0.25, -0.2) is 0 Å². The molecule has 0 aromatic heterocycles. The maximum atomic E-state index is 7.34. The van der Waals surface area contributed by atoms with Gasteiger partial charge in [0, 0.05) is 13.2 Å². The first kappa shape index (κ1) is 47.3. The molecule has 0 saturated heterocycles. The molecule has 0 radical (unpaired) electrons. The van der Waals surface area contributed by atoms with Crippen LogP contribution in [0.3, 0.4) is 0 Å². The Hall–Kier alpha value is -4.63. The molecule has 0 unspecified atom stereocenters. The van der Waals surface area contributed by atoms with Crippen molar-refractivity contribution < 1.29 is 37.3 Å². The molecule has 6 atom stereocenters. The van der Waals surface area contributed by atoms with Crippen molar-refractivity contribution in [3.63, 3.8) is 0 Å². The second kappa shape index (κ2) is 21.1. The third-order valence-corrected chi connectivity index (χ3v) is 22.1. The molecule has 10 heteroatoms. The summed E-state index contributed by atoms with van der Waals surface area (Å²) in [6.07, 6.45) is 5.13. The van der Waals surface area contributed by atoms with E-state index < -0.39 is 53.6 Å². The molecule has 0 amide bonds. The first-order valence-corrected chi connectivity index (χ1v) is 26.5. The van der Waals surface area contributed by atoms with Crippen LogP contribution >= 0.6 is 0 Å². The average Bonchev–Trinajstić information content (AvgIpc) is 3.29. The van der Waals surface area contributed by atoms with Gasteiger partial charge in [0.1, 0.15) is 35.9 Å². The van der Waals surface area contributed by atoms with Crippen LogP contribution in [0.15, 0.2) is 170 Å². The topological polar surface area (TPSA) is 73.8 Å². The summed E-state index contributed by atoms with van der Waals surface area (Å²) in [5, 5.41) is 4.44. The Morgan fingerprint density at radius 2 is 0.719 bits per heavy atom. The van der Waals surface area contributed by atoms with E-state index in [-0.39, 0.29) is 10.1 Å². The van der Waals surface area contributed by atoms with Crippen molar-refractivity contribution in [2.24, 2.45) is 0 Å². The quantitative estimate of drug-likeness (QED) is 0.0638. The van der Waals surface area contributed by atoms with Crippen LogP contribution in [0.5, 0.6) is 11.5 Å². The molecular weight excluding hydrogens is 833 g/mol. The smallest absolute Gasteiger partial charge is 0.261 e. The van der Waals surface area contributed by atoms with Crippen molar-refractivity contribution in [3.05, 3.63) is 170 Å². The van der Waals surface area contributed by atoms with Gasteiger partial charge in [-0.05, 0) is 93.2 Å². The van der Waals surface area contributed by atoms with Crippen molar-refractivity contribution in [2.45, 2.75) is 102 Å². The Balaban J connectivity index is 1.10. The normalized spacial score (nSPS) is 21.7. The third-order valence-electron chi connectivity index (χ3n) is 12.1. The van der Waals surface area contributed by atoms with Crippen LogP contribution in [-0.4, -0.2) is 80.1 Å². The highest BCUT2D eigenvalue weighted by molar-refractivity contribution is 7.00. The van der Waals surface area contributed by atoms with E-state index in [2.05, 4.69) is 163 Å². The Morgan fingerprint density at radius 1 is 0.422 bits per heavy atom. The first-order chi connectivity index (χ1) is 30.9. The fourth-order valence-corrected chi connectivity index (χ4v) is 18.2. The Bertz CT molecular complexity index is 1990. The summed E-state index contributed by atoms with van der Waals surface area (Å²) in [6.45, 7) is 19.2. The Labute approximate surface area is 383 Å². The summed E-state index contributed by atoms with van der Waals surface area (Å²) >= 11 is 0. The van der Waals surface area contributed by atoms with Crippen LogP contribution in [0.1, 0.15) is 55.4 Å². The lowest BCUT2D eigenvalue weighted by Crippen LogP contribution is -2.67. The minimum atomic E-state index is -2.85. The molecule has 338 valence electrons. The lowest BCUT2D eigenvalue weighted by atomic mass is 10.1. The van der Waals surface area contributed by atoms with Gasteiger partial charge in [0.25, 0.3) is 16.6 Å². The Kier molecular flexibility index (Phi) is 15.6. The molecule has 8 nitrogen and oxygen atoms in total. The number of hydrogen-bond acceptors (Lipinski definition) is 8. The number of benzene rings is 5. The zero-order valence-electron chi connectivity index (χ0n) is 38.7. The number of rotatable bonds is 18. The molecule has 5 aromatic carbocycles. The first-order valence-electron chi connectivity index (χ1n) is 22.7. The highest BCUT2D eigenvalue weighted by Gasteiger charge is 2.52. The summed E-state index contributed by atoms with van der Waals surface area (Å²) in [6, 6.07) is 50.3. The number of ether oxygens (including phenoxy) is 6. The predicted molar refractivity (Wildman–Crippen MR) is 261 cm³/mol. The van der Waals surface area contributed by atoms with Crippen molar-refractivity contribution in [1.29, 1.82) is 0 Å². The molecule has 2 aliphatic rings. The molecule has 2 heterocycles. The molecular formula is C54H66O8Si2.